The number of nitrogens with zero attached hydrogens (tertiary/aromatic N) is 2. The van der Waals surface area contributed by atoms with E-state index in [1.165, 1.54) is 45.0 Å². The highest BCUT2D eigenvalue weighted by molar-refractivity contribution is 5.62. The fourth-order valence-electron chi connectivity index (χ4n) is 4.34. The van der Waals surface area contributed by atoms with E-state index in [1.54, 1.807) is 0 Å². The van der Waals surface area contributed by atoms with Gasteiger partial charge in [-0.25, -0.2) is 0 Å². The number of pyridine rings is 2. The maximum absolute atomic E-state index is 2.44. The van der Waals surface area contributed by atoms with E-state index in [-0.39, 0.29) is 0 Å². The lowest BCUT2D eigenvalue weighted by molar-refractivity contribution is -0.690. The molecule has 2 nitrogen and oxygen atoms in total. The monoisotopic (exact) mass is 394 g/mol. The molecule has 30 heavy (non-hydrogen) atoms. The average molecular weight is 395 g/mol. The van der Waals surface area contributed by atoms with E-state index >= 15 is 0 Å². The van der Waals surface area contributed by atoms with Crippen molar-refractivity contribution in [2.24, 2.45) is 0 Å². The fourth-order valence-corrected chi connectivity index (χ4v) is 4.34. The summed E-state index contributed by atoms with van der Waals surface area (Å²) in [5, 5.41) is 0. The normalized spacial score (nSPS) is 10.9. The molecule has 0 aliphatic heterocycles. The van der Waals surface area contributed by atoms with Gasteiger partial charge >= 0.3 is 0 Å². The smallest absolute Gasteiger partial charge is 0.196 e. The van der Waals surface area contributed by atoms with E-state index in [9.17, 15) is 0 Å². The van der Waals surface area contributed by atoms with Crippen molar-refractivity contribution in [3.8, 4) is 22.5 Å². The van der Waals surface area contributed by atoms with Crippen molar-refractivity contribution in [2.75, 3.05) is 0 Å². The van der Waals surface area contributed by atoms with Gasteiger partial charge in [0, 0.05) is 49.2 Å². The predicted octanol–water partition coefficient (Wildman–Crippen LogP) is 5.59. The Balaban J connectivity index is 1.86. The van der Waals surface area contributed by atoms with E-state index in [0.29, 0.717) is 0 Å². The summed E-state index contributed by atoms with van der Waals surface area (Å²) in [5.41, 5.74) is 10.3. The quantitative estimate of drug-likeness (QED) is 0.390. The molecule has 0 fully saturated rings. The summed E-state index contributed by atoms with van der Waals surface area (Å²) in [7, 11) is 0. The molecule has 2 heterocycles. The maximum Gasteiger partial charge on any atom is 0.213 e. The largest absolute Gasteiger partial charge is 0.213 e. The summed E-state index contributed by atoms with van der Waals surface area (Å²) in [6.07, 6.45) is 0. The second kappa shape index (κ2) is 8.62. The summed E-state index contributed by atoms with van der Waals surface area (Å²) in [4.78, 5) is 0. The molecule has 4 aromatic rings. The Morgan fingerprint density at radius 1 is 0.567 bits per heavy atom. The van der Waals surface area contributed by atoms with Gasteiger partial charge in [-0.05, 0) is 43.7 Å². The Bertz CT molecular complexity index is 1190. The SMILES string of the molecule is CC[n+]1c(C)cccc1-c1ccccc1C[n+]1c(C)cccc1-c1ccccc1C. The molecular weight excluding hydrogens is 364 g/mol. The van der Waals surface area contributed by atoms with Crippen LogP contribution in [-0.2, 0) is 13.1 Å². The van der Waals surface area contributed by atoms with Crippen molar-refractivity contribution in [1.29, 1.82) is 0 Å². The van der Waals surface area contributed by atoms with Crippen molar-refractivity contribution >= 4 is 0 Å². The van der Waals surface area contributed by atoms with E-state index < -0.39 is 0 Å². The average Bonchev–Trinajstić information content (AvgIpc) is 2.76. The second-order valence-electron chi connectivity index (χ2n) is 7.91. The first-order valence-corrected chi connectivity index (χ1v) is 10.7. The molecule has 0 radical (unpaired) electrons. The van der Waals surface area contributed by atoms with Crippen molar-refractivity contribution < 1.29 is 9.13 Å². The first kappa shape index (κ1) is 20.0. The highest BCUT2D eigenvalue weighted by atomic mass is 15.0. The Hall–Kier alpha value is -3.26. The fraction of sp³-hybridized carbons (Fsp3) is 0.214. The van der Waals surface area contributed by atoms with Crippen LogP contribution in [0.5, 0.6) is 0 Å². The van der Waals surface area contributed by atoms with Crippen LogP contribution < -0.4 is 9.13 Å². The molecule has 0 saturated heterocycles. The van der Waals surface area contributed by atoms with Gasteiger partial charge in [0.15, 0.2) is 17.9 Å². The van der Waals surface area contributed by atoms with Gasteiger partial charge in [-0.15, -0.1) is 0 Å². The molecule has 0 saturated carbocycles. The molecule has 0 aliphatic carbocycles. The number of aryl methyl sites for hydroxylation is 3. The predicted molar refractivity (Wildman–Crippen MR) is 123 cm³/mol. The maximum atomic E-state index is 2.44. The minimum atomic E-state index is 0.837. The Labute approximate surface area is 180 Å². The molecule has 0 spiro atoms. The summed E-state index contributed by atoms with van der Waals surface area (Å²) in [6.45, 7) is 10.6. The zero-order valence-corrected chi connectivity index (χ0v) is 18.4. The summed E-state index contributed by atoms with van der Waals surface area (Å²) in [5.74, 6) is 0. The number of aromatic nitrogens is 2. The summed E-state index contributed by atoms with van der Waals surface area (Å²) in [6, 6.07) is 30.6. The molecule has 150 valence electrons. The van der Waals surface area contributed by atoms with Crippen LogP contribution in [0, 0.1) is 20.8 Å². The van der Waals surface area contributed by atoms with Crippen LogP contribution in [-0.4, -0.2) is 0 Å². The standard InChI is InChI=1S/C28H30N2/c1-5-29-22(3)13-10-19-28(29)26-17-9-7-15-24(26)20-30-23(4)14-11-18-27(30)25-16-8-6-12-21(25)2/h6-19H,5,20H2,1-4H3/q+2. The van der Waals surface area contributed by atoms with Crippen molar-refractivity contribution in [3.05, 3.63) is 107 Å². The summed E-state index contributed by atoms with van der Waals surface area (Å²) < 4.78 is 4.83. The molecule has 0 bridgehead atoms. The molecule has 0 N–H and O–H groups in total. The molecule has 0 unspecified atom stereocenters. The van der Waals surface area contributed by atoms with Gasteiger partial charge in [-0.1, -0.05) is 36.4 Å². The lowest BCUT2D eigenvalue weighted by Crippen LogP contribution is -2.41. The van der Waals surface area contributed by atoms with Crippen LogP contribution in [0.3, 0.4) is 0 Å². The van der Waals surface area contributed by atoms with Gasteiger partial charge in [0.2, 0.25) is 11.4 Å². The minimum absolute atomic E-state index is 0.837. The van der Waals surface area contributed by atoms with Gasteiger partial charge in [-0.3, -0.25) is 0 Å². The lowest BCUT2D eigenvalue weighted by atomic mass is 10.0. The zero-order chi connectivity index (χ0) is 21.1. The van der Waals surface area contributed by atoms with Gasteiger partial charge in [-0.2, -0.15) is 9.13 Å². The third-order valence-electron chi connectivity index (χ3n) is 5.98. The van der Waals surface area contributed by atoms with E-state index in [1.807, 2.05) is 0 Å². The number of hydrogen-bond donors (Lipinski definition) is 0. The summed E-state index contributed by atoms with van der Waals surface area (Å²) >= 11 is 0. The molecule has 2 aromatic heterocycles. The van der Waals surface area contributed by atoms with Crippen LogP contribution >= 0.6 is 0 Å². The molecule has 0 aliphatic rings. The minimum Gasteiger partial charge on any atom is -0.196 e. The van der Waals surface area contributed by atoms with Crippen LogP contribution in [0.4, 0.5) is 0 Å². The zero-order valence-electron chi connectivity index (χ0n) is 18.4. The van der Waals surface area contributed by atoms with Crippen LogP contribution in [0.2, 0.25) is 0 Å². The van der Waals surface area contributed by atoms with Crippen LogP contribution in [0.15, 0.2) is 84.9 Å². The number of hydrogen-bond acceptors (Lipinski definition) is 0. The van der Waals surface area contributed by atoms with E-state index in [0.717, 1.165) is 13.1 Å². The third kappa shape index (κ3) is 3.78. The lowest BCUT2D eigenvalue weighted by Gasteiger charge is -2.12. The molecule has 2 heteroatoms. The van der Waals surface area contributed by atoms with Gasteiger partial charge in [0.1, 0.15) is 6.54 Å². The molecule has 0 amide bonds. The molecular formula is C28H30N2+2. The molecule has 0 atom stereocenters. The van der Waals surface area contributed by atoms with Gasteiger partial charge in [0.05, 0.1) is 5.56 Å². The second-order valence-corrected chi connectivity index (χ2v) is 7.91. The Kier molecular flexibility index (Phi) is 5.76. The highest BCUT2D eigenvalue weighted by Crippen LogP contribution is 2.24. The topological polar surface area (TPSA) is 7.76 Å². The van der Waals surface area contributed by atoms with E-state index in [2.05, 4.69) is 122 Å². The molecule has 2 aromatic carbocycles. The van der Waals surface area contributed by atoms with E-state index in [4.69, 9.17) is 0 Å². The Morgan fingerprint density at radius 2 is 1.13 bits per heavy atom. The first-order chi connectivity index (χ1) is 14.6. The Morgan fingerprint density at radius 3 is 1.80 bits per heavy atom. The third-order valence-corrected chi connectivity index (χ3v) is 5.98. The number of benzene rings is 2. The number of rotatable bonds is 5. The van der Waals surface area contributed by atoms with Crippen LogP contribution in [0.25, 0.3) is 22.5 Å². The van der Waals surface area contributed by atoms with Gasteiger partial charge in [0.25, 0.3) is 0 Å². The van der Waals surface area contributed by atoms with Crippen molar-refractivity contribution in [1.82, 2.24) is 0 Å². The van der Waals surface area contributed by atoms with Crippen molar-refractivity contribution in [2.45, 2.75) is 40.8 Å². The van der Waals surface area contributed by atoms with Gasteiger partial charge < -0.3 is 0 Å². The molecule has 4 rings (SSSR count). The van der Waals surface area contributed by atoms with Crippen LogP contribution in [0.1, 0.15) is 29.4 Å². The highest BCUT2D eigenvalue weighted by Gasteiger charge is 2.22. The van der Waals surface area contributed by atoms with Crippen molar-refractivity contribution in [3.63, 3.8) is 0 Å². The first-order valence-electron chi connectivity index (χ1n) is 10.7.